The topological polar surface area (TPSA) is 25.8 Å². The zero-order valence-corrected chi connectivity index (χ0v) is 12.9. The fourth-order valence-electron chi connectivity index (χ4n) is 0.970. The summed E-state index contributed by atoms with van der Waals surface area (Å²) in [6, 6.07) is 8.26. The number of aromatic nitrogens is 2. The minimum Gasteiger partial charge on any atom is -0.213 e. The average Bonchev–Trinajstić information content (AvgIpc) is 2.64. The lowest BCUT2D eigenvalue weighted by Gasteiger charge is -1.98. The normalized spacial score (nSPS) is 10.5. The molecule has 1 aromatic heterocycles. The smallest absolute Gasteiger partial charge is 0.174 e. The summed E-state index contributed by atoms with van der Waals surface area (Å²) < 4.78 is 6.35. The van der Waals surface area contributed by atoms with Crippen molar-refractivity contribution in [2.45, 2.75) is 10.6 Å². The van der Waals surface area contributed by atoms with Gasteiger partial charge < -0.3 is 0 Å². The van der Waals surface area contributed by atoms with Crippen LogP contribution in [0.5, 0.6) is 0 Å². The quantitative estimate of drug-likeness (QED) is 0.558. The summed E-state index contributed by atoms with van der Waals surface area (Å²) >= 11 is 8.80. The number of nitrogens with zero attached hydrogens (tertiary/aromatic N) is 2. The summed E-state index contributed by atoms with van der Waals surface area (Å²) in [7, 11) is 0. The first-order chi connectivity index (χ1) is 7.24. The molecule has 6 heteroatoms. The van der Waals surface area contributed by atoms with E-state index in [0.717, 1.165) is 19.1 Å². The molecule has 0 atom stereocenters. The van der Waals surface area contributed by atoms with Gasteiger partial charge in [-0.2, -0.15) is 4.37 Å². The highest BCUT2D eigenvalue weighted by molar-refractivity contribution is 14.1. The molecule has 0 aliphatic carbocycles. The third-order valence-corrected chi connectivity index (χ3v) is 4.54. The van der Waals surface area contributed by atoms with Gasteiger partial charge >= 0.3 is 0 Å². The maximum absolute atomic E-state index is 4.31. The molecule has 0 bridgehead atoms. The first kappa shape index (κ1) is 11.8. The van der Waals surface area contributed by atoms with Crippen LogP contribution in [-0.4, -0.2) is 9.36 Å². The van der Waals surface area contributed by atoms with Crippen LogP contribution in [0.3, 0.4) is 0 Å². The fourth-order valence-corrected chi connectivity index (χ4v) is 3.08. The third kappa shape index (κ3) is 3.69. The van der Waals surface area contributed by atoms with Gasteiger partial charge in [0.15, 0.2) is 8.84 Å². The van der Waals surface area contributed by atoms with E-state index in [0.29, 0.717) is 0 Å². The fraction of sp³-hybridized carbons (Fsp3) is 0.111. The van der Waals surface area contributed by atoms with Gasteiger partial charge in [0.2, 0.25) is 0 Å². The maximum atomic E-state index is 4.31. The zero-order valence-electron chi connectivity index (χ0n) is 7.48. The van der Waals surface area contributed by atoms with Gasteiger partial charge in [0.05, 0.1) is 5.75 Å². The Morgan fingerprint density at radius 2 is 2.07 bits per heavy atom. The Kier molecular flexibility index (Phi) is 4.41. The molecule has 1 aromatic carbocycles. The highest BCUT2D eigenvalue weighted by atomic mass is 127. The number of hydrogen-bond donors (Lipinski definition) is 0. The van der Waals surface area contributed by atoms with Crippen LogP contribution in [0.4, 0.5) is 0 Å². The van der Waals surface area contributed by atoms with Crippen molar-refractivity contribution in [2.75, 3.05) is 0 Å². The molecule has 0 amide bonds. The molecule has 0 N–H and O–H groups in total. The summed E-state index contributed by atoms with van der Waals surface area (Å²) in [5.41, 5.74) is 0. The molecule has 0 radical (unpaired) electrons. The van der Waals surface area contributed by atoms with Crippen LogP contribution in [0.1, 0.15) is 5.82 Å². The van der Waals surface area contributed by atoms with Crippen LogP contribution in [-0.2, 0) is 5.75 Å². The predicted molar refractivity (Wildman–Crippen MR) is 76.3 cm³/mol. The van der Waals surface area contributed by atoms with Gasteiger partial charge in [0.1, 0.15) is 0 Å². The van der Waals surface area contributed by atoms with Gasteiger partial charge in [0.25, 0.3) is 0 Å². The van der Waals surface area contributed by atoms with Crippen molar-refractivity contribution in [3.8, 4) is 0 Å². The number of benzene rings is 1. The molecule has 0 saturated carbocycles. The maximum Gasteiger partial charge on any atom is 0.174 e. The van der Waals surface area contributed by atoms with Gasteiger partial charge in [-0.05, 0) is 58.4 Å². The van der Waals surface area contributed by atoms with Crippen molar-refractivity contribution < 1.29 is 0 Å². The molecular formula is C9H6BrIN2S2. The molecule has 1 heterocycles. The van der Waals surface area contributed by atoms with Crippen molar-refractivity contribution in [2.24, 2.45) is 0 Å². The predicted octanol–water partition coefficient (Wildman–Crippen LogP) is 4.20. The second kappa shape index (κ2) is 5.60. The summed E-state index contributed by atoms with van der Waals surface area (Å²) in [4.78, 5) is 5.55. The molecule has 15 heavy (non-hydrogen) atoms. The van der Waals surface area contributed by atoms with E-state index in [2.05, 4.69) is 60.0 Å². The Morgan fingerprint density at radius 1 is 1.33 bits per heavy atom. The SMILES string of the molecule is Brc1ccc(SCc2nsc(I)n2)cc1. The highest BCUT2D eigenvalue weighted by Gasteiger charge is 2.02. The van der Waals surface area contributed by atoms with E-state index in [9.17, 15) is 0 Å². The monoisotopic (exact) mass is 412 g/mol. The van der Waals surface area contributed by atoms with E-state index in [4.69, 9.17) is 0 Å². The minimum absolute atomic E-state index is 0.834. The molecule has 2 nitrogen and oxygen atoms in total. The molecular weight excluding hydrogens is 407 g/mol. The molecule has 0 saturated heterocycles. The van der Waals surface area contributed by atoms with Gasteiger partial charge in [-0.1, -0.05) is 15.9 Å². The van der Waals surface area contributed by atoms with Crippen molar-refractivity contribution in [1.82, 2.24) is 9.36 Å². The lowest BCUT2D eigenvalue weighted by molar-refractivity contribution is 1.12. The Balaban J connectivity index is 1.96. The first-order valence-electron chi connectivity index (χ1n) is 4.10. The van der Waals surface area contributed by atoms with Crippen LogP contribution in [0.15, 0.2) is 33.6 Å². The number of rotatable bonds is 3. The van der Waals surface area contributed by atoms with Crippen LogP contribution >= 0.6 is 61.8 Å². The first-order valence-corrected chi connectivity index (χ1v) is 7.73. The number of halogens is 2. The minimum atomic E-state index is 0.834. The van der Waals surface area contributed by atoms with Crippen LogP contribution in [0.25, 0.3) is 0 Å². The third-order valence-electron chi connectivity index (χ3n) is 1.62. The molecule has 78 valence electrons. The molecule has 0 unspecified atom stereocenters. The Morgan fingerprint density at radius 3 is 2.67 bits per heavy atom. The van der Waals surface area contributed by atoms with Crippen molar-refractivity contribution in [3.05, 3.63) is 37.6 Å². The summed E-state index contributed by atoms with van der Waals surface area (Å²) in [5, 5.41) is 0. The summed E-state index contributed by atoms with van der Waals surface area (Å²) in [6.45, 7) is 0. The van der Waals surface area contributed by atoms with Crippen molar-refractivity contribution >= 4 is 61.8 Å². The molecule has 2 aromatic rings. The summed E-state index contributed by atoms with van der Waals surface area (Å²) in [6.07, 6.45) is 0. The van der Waals surface area contributed by atoms with E-state index >= 15 is 0 Å². The van der Waals surface area contributed by atoms with E-state index in [-0.39, 0.29) is 0 Å². The number of hydrogen-bond acceptors (Lipinski definition) is 4. The molecule has 0 spiro atoms. The van der Waals surface area contributed by atoms with E-state index < -0.39 is 0 Å². The van der Waals surface area contributed by atoms with Gasteiger partial charge in [-0.25, -0.2) is 4.98 Å². The Labute approximate surface area is 118 Å². The molecule has 2 rings (SSSR count). The van der Waals surface area contributed by atoms with Gasteiger partial charge in [-0.15, -0.1) is 11.8 Å². The van der Waals surface area contributed by atoms with Crippen molar-refractivity contribution in [1.29, 1.82) is 0 Å². The second-order valence-corrected chi connectivity index (χ2v) is 7.18. The highest BCUT2D eigenvalue weighted by Crippen LogP contribution is 2.23. The average molecular weight is 413 g/mol. The van der Waals surface area contributed by atoms with Gasteiger partial charge in [-0.3, -0.25) is 0 Å². The number of thioether (sulfide) groups is 1. The lowest BCUT2D eigenvalue weighted by atomic mass is 10.4. The van der Waals surface area contributed by atoms with E-state index in [1.54, 1.807) is 11.8 Å². The van der Waals surface area contributed by atoms with E-state index in [1.165, 1.54) is 16.4 Å². The summed E-state index contributed by atoms with van der Waals surface area (Å²) in [5.74, 6) is 1.75. The standard InChI is InChI=1S/C9H6BrIN2S2/c10-6-1-3-7(4-2-6)14-5-8-12-9(11)15-13-8/h1-4H,5H2. The largest absolute Gasteiger partial charge is 0.213 e. The van der Waals surface area contributed by atoms with Crippen LogP contribution in [0.2, 0.25) is 0 Å². The lowest BCUT2D eigenvalue weighted by Crippen LogP contribution is -1.83. The van der Waals surface area contributed by atoms with Crippen molar-refractivity contribution in [3.63, 3.8) is 0 Å². The molecule has 0 fully saturated rings. The van der Waals surface area contributed by atoms with Crippen LogP contribution < -0.4 is 0 Å². The Hall–Kier alpha value is 0.340. The molecule has 0 aliphatic rings. The Bertz CT molecular complexity index is 444. The molecule has 0 aliphatic heterocycles. The van der Waals surface area contributed by atoms with Gasteiger partial charge in [0, 0.05) is 9.37 Å². The van der Waals surface area contributed by atoms with E-state index in [1.807, 2.05) is 12.1 Å². The second-order valence-electron chi connectivity index (χ2n) is 2.71. The van der Waals surface area contributed by atoms with Crippen LogP contribution in [0, 0.1) is 3.01 Å². The zero-order chi connectivity index (χ0) is 10.7.